The van der Waals surface area contributed by atoms with Crippen LogP contribution in [-0.2, 0) is 19.4 Å². The van der Waals surface area contributed by atoms with Crippen LogP contribution in [0.5, 0.6) is 11.5 Å². The van der Waals surface area contributed by atoms with Crippen molar-refractivity contribution in [2.45, 2.75) is 45.1 Å². The Morgan fingerprint density at radius 2 is 1.89 bits per heavy atom. The highest BCUT2D eigenvalue weighted by Crippen LogP contribution is 2.36. The Hall–Kier alpha value is -4.14. The predicted molar refractivity (Wildman–Crippen MR) is 136 cm³/mol. The number of benzene rings is 2. The van der Waals surface area contributed by atoms with Crippen molar-refractivity contribution in [1.29, 1.82) is 0 Å². The van der Waals surface area contributed by atoms with E-state index >= 15 is 0 Å². The Labute approximate surface area is 214 Å². The van der Waals surface area contributed by atoms with Gasteiger partial charge in [-0.05, 0) is 68.5 Å². The molecule has 1 N–H and O–H groups in total. The fourth-order valence-electron chi connectivity index (χ4n) is 5.17. The number of carbonyl (C=O) groups is 1. The van der Waals surface area contributed by atoms with Crippen LogP contribution in [0.4, 0.5) is 0 Å². The summed E-state index contributed by atoms with van der Waals surface area (Å²) in [4.78, 5) is 19.8. The normalized spacial score (nSPS) is 15.2. The maximum Gasteiger partial charge on any atom is 0.272 e. The van der Waals surface area contributed by atoms with Gasteiger partial charge < -0.3 is 18.9 Å². The number of nitrogens with one attached hydrogen (secondary N) is 1. The van der Waals surface area contributed by atoms with Crippen LogP contribution in [0, 0.1) is 6.92 Å². The summed E-state index contributed by atoms with van der Waals surface area (Å²) < 4.78 is 16.5. The average molecular weight is 500 g/mol. The standard InChI is InChI=1S/C28H29N5O4/c1-17-3-6-20(7-4-17)36-16-24-29-27(32-37-24)18-11-13-33(14-12-18)28(34)26-23-9-5-19-15-21(35-2)8-10-22(19)25(23)30-31-26/h3-4,6-8,10,15,18H,5,9,11-14,16H2,1-2H3,(H,30,31). The Bertz CT molecular complexity index is 1420. The summed E-state index contributed by atoms with van der Waals surface area (Å²) in [6, 6.07) is 13.9. The van der Waals surface area contributed by atoms with Crippen molar-refractivity contribution in [2.24, 2.45) is 0 Å². The first kappa shape index (κ1) is 23.3. The summed E-state index contributed by atoms with van der Waals surface area (Å²) in [5.41, 5.74) is 5.91. The van der Waals surface area contributed by atoms with Gasteiger partial charge in [0.05, 0.1) is 12.8 Å². The molecule has 0 saturated carbocycles. The highest BCUT2D eigenvalue weighted by Gasteiger charge is 2.31. The molecule has 3 heterocycles. The third-order valence-electron chi connectivity index (χ3n) is 7.31. The van der Waals surface area contributed by atoms with Crippen molar-refractivity contribution in [2.75, 3.05) is 20.2 Å². The van der Waals surface area contributed by atoms with Gasteiger partial charge in [0, 0.05) is 30.1 Å². The monoisotopic (exact) mass is 499 g/mol. The summed E-state index contributed by atoms with van der Waals surface area (Å²) in [6.07, 6.45) is 3.19. The maximum absolute atomic E-state index is 13.4. The first-order valence-corrected chi connectivity index (χ1v) is 12.6. The molecule has 2 aromatic carbocycles. The number of carbonyl (C=O) groups excluding carboxylic acids is 1. The molecule has 4 aromatic rings. The number of likely N-dealkylation sites (tertiary alicyclic amines) is 1. The predicted octanol–water partition coefficient (Wildman–Crippen LogP) is 4.47. The zero-order valence-corrected chi connectivity index (χ0v) is 21.0. The van der Waals surface area contributed by atoms with E-state index in [1.54, 1.807) is 7.11 Å². The number of ether oxygens (including phenoxy) is 2. The number of rotatable bonds is 6. The number of piperidine rings is 1. The van der Waals surface area contributed by atoms with E-state index in [4.69, 9.17) is 14.0 Å². The van der Waals surface area contributed by atoms with Crippen LogP contribution in [0.25, 0.3) is 11.3 Å². The van der Waals surface area contributed by atoms with Crippen LogP contribution in [0.3, 0.4) is 0 Å². The number of fused-ring (bicyclic) bond motifs is 3. The lowest BCUT2D eigenvalue weighted by Gasteiger charge is -2.30. The van der Waals surface area contributed by atoms with E-state index in [0.717, 1.165) is 54.0 Å². The van der Waals surface area contributed by atoms with Crippen molar-refractivity contribution in [1.82, 2.24) is 25.2 Å². The molecule has 0 bridgehead atoms. The Morgan fingerprint density at radius 1 is 1.11 bits per heavy atom. The first-order valence-electron chi connectivity index (χ1n) is 12.6. The molecule has 9 heteroatoms. The van der Waals surface area contributed by atoms with Gasteiger partial charge in [-0.2, -0.15) is 10.1 Å². The van der Waals surface area contributed by atoms with Gasteiger partial charge in [0.2, 0.25) is 0 Å². The number of aromatic nitrogens is 4. The first-order chi connectivity index (χ1) is 18.1. The quantitative estimate of drug-likeness (QED) is 0.417. The van der Waals surface area contributed by atoms with Crippen LogP contribution in [0.2, 0.25) is 0 Å². The minimum Gasteiger partial charge on any atom is -0.497 e. The number of amides is 1. The van der Waals surface area contributed by atoms with Crippen molar-refractivity contribution in [3.8, 4) is 22.8 Å². The lowest BCUT2D eigenvalue weighted by atomic mass is 9.88. The highest BCUT2D eigenvalue weighted by molar-refractivity contribution is 5.96. The molecule has 1 amide bonds. The molecule has 0 atom stereocenters. The van der Waals surface area contributed by atoms with E-state index in [1.807, 2.05) is 48.2 Å². The number of aromatic amines is 1. The van der Waals surface area contributed by atoms with Gasteiger partial charge in [-0.3, -0.25) is 9.89 Å². The van der Waals surface area contributed by atoms with Crippen LogP contribution in [0.15, 0.2) is 47.0 Å². The fraction of sp³-hybridized carbons (Fsp3) is 0.357. The number of hydrogen-bond acceptors (Lipinski definition) is 7. The third-order valence-corrected chi connectivity index (χ3v) is 7.31. The molecule has 1 saturated heterocycles. The number of H-pyrrole nitrogens is 1. The van der Waals surface area contributed by atoms with Crippen LogP contribution in [-0.4, -0.2) is 51.3 Å². The molecule has 190 valence electrons. The summed E-state index contributed by atoms with van der Waals surface area (Å²) in [5, 5.41) is 11.7. The summed E-state index contributed by atoms with van der Waals surface area (Å²) in [6.45, 7) is 3.53. The molecular weight excluding hydrogens is 470 g/mol. The van der Waals surface area contributed by atoms with Gasteiger partial charge in [-0.25, -0.2) is 0 Å². The van der Waals surface area contributed by atoms with Crippen molar-refractivity contribution in [3.05, 3.63) is 76.6 Å². The van der Waals surface area contributed by atoms with E-state index in [0.29, 0.717) is 30.5 Å². The largest absolute Gasteiger partial charge is 0.497 e. The fourth-order valence-corrected chi connectivity index (χ4v) is 5.17. The van der Waals surface area contributed by atoms with Gasteiger partial charge in [0.25, 0.3) is 11.8 Å². The van der Waals surface area contributed by atoms with Crippen molar-refractivity contribution in [3.63, 3.8) is 0 Å². The zero-order valence-electron chi connectivity index (χ0n) is 21.0. The molecular formula is C28H29N5O4. The molecule has 0 spiro atoms. The van der Waals surface area contributed by atoms with E-state index in [1.165, 1.54) is 11.1 Å². The molecule has 9 nitrogen and oxygen atoms in total. The van der Waals surface area contributed by atoms with Gasteiger partial charge in [-0.1, -0.05) is 22.9 Å². The van der Waals surface area contributed by atoms with Crippen molar-refractivity contribution < 1.29 is 18.8 Å². The Balaban J connectivity index is 1.08. The second-order valence-electron chi connectivity index (χ2n) is 9.66. The SMILES string of the molecule is COc1ccc2c(c1)CCc1c-2n[nH]c1C(=O)N1CCC(c2noc(COc3ccc(C)cc3)n2)CC1. The molecule has 0 radical (unpaired) electrons. The average Bonchev–Trinajstić information content (AvgIpc) is 3.60. The van der Waals surface area contributed by atoms with Gasteiger partial charge in [0.15, 0.2) is 12.4 Å². The second kappa shape index (κ2) is 9.72. The van der Waals surface area contributed by atoms with Crippen LogP contribution < -0.4 is 9.47 Å². The number of methoxy groups -OCH3 is 1. The van der Waals surface area contributed by atoms with E-state index in [2.05, 4.69) is 26.4 Å². The van der Waals surface area contributed by atoms with Gasteiger partial charge in [-0.15, -0.1) is 0 Å². The maximum atomic E-state index is 13.4. The molecule has 1 fully saturated rings. The van der Waals surface area contributed by atoms with E-state index < -0.39 is 0 Å². The highest BCUT2D eigenvalue weighted by atomic mass is 16.5. The Morgan fingerprint density at radius 3 is 2.68 bits per heavy atom. The second-order valence-corrected chi connectivity index (χ2v) is 9.66. The summed E-state index contributed by atoms with van der Waals surface area (Å²) in [7, 11) is 1.67. The lowest BCUT2D eigenvalue weighted by Crippen LogP contribution is -2.38. The Kier molecular flexibility index (Phi) is 6.12. The number of hydrogen-bond donors (Lipinski definition) is 1. The summed E-state index contributed by atoms with van der Waals surface area (Å²) in [5.74, 6) is 2.89. The summed E-state index contributed by atoms with van der Waals surface area (Å²) >= 11 is 0. The molecule has 1 aliphatic carbocycles. The lowest BCUT2D eigenvalue weighted by molar-refractivity contribution is 0.0703. The van der Waals surface area contributed by atoms with Gasteiger partial charge in [0.1, 0.15) is 17.2 Å². The number of aryl methyl sites for hydroxylation is 2. The van der Waals surface area contributed by atoms with E-state index in [9.17, 15) is 4.79 Å². The third kappa shape index (κ3) is 4.57. The molecule has 6 rings (SSSR count). The topological polar surface area (TPSA) is 106 Å². The van der Waals surface area contributed by atoms with E-state index in [-0.39, 0.29) is 18.4 Å². The van der Waals surface area contributed by atoms with Crippen LogP contribution >= 0.6 is 0 Å². The smallest absolute Gasteiger partial charge is 0.272 e. The molecule has 2 aromatic heterocycles. The van der Waals surface area contributed by atoms with Crippen LogP contribution in [0.1, 0.15) is 57.7 Å². The van der Waals surface area contributed by atoms with Gasteiger partial charge >= 0.3 is 0 Å². The molecule has 1 aliphatic heterocycles. The number of nitrogens with zero attached hydrogens (tertiary/aromatic N) is 4. The molecule has 2 aliphatic rings. The minimum atomic E-state index is 0.00413. The van der Waals surface area contributed by atoms with Crippen molar-refractivity contribution >= 4 is 5.91 Å². The zero-order chi connectivity index (χ0) is 25.4. The minimum absolute atomic E-state index is 0.00413. The molecule has 0 unspecified atom stereocenters. The molecule has 37 heavy (non-hydrogen) atoms.